The first kappa shape index (κ1) is 20.8. The van der Waals surface area contributed by atoms with E-state index >= 15 is 0 Å². The maximum Gasteiger partial charge on any atom is 0.274 e. The smallest absolute Gasteiger partial charge is 0.274 e. The lowest BCUT2D eigenvalue weighted by atomic mass is 10.1. The second-order valence-electron chi connectivity index (χ2n) is 6.86. The van der Waals surface area contributed by atoms with E-state index in [1.165, 1.54) is 16.9 Å². The number of aryl methyl sites for hydroxylation is 2. The molecule has 1 aromatic carbocycles. The Balaban J connectivity index is 1.64. The average Bonchev–Trinajstić information content (AvgIpc) is 3.18. The molecule has 0 saturated carbocycles. The second-order valence-corrected chi connectivity index (χ2v) is 6.86. The molecule has 4 aromatic rings. The molecule has 0 aliphatic carbocycles. The highest BCUT2D eigenvalue weighted by molar-refractivity contribution is 6.07. The number of amides is 1. The summed E-state index contributed by atoms with van der Waals surface area (Å²) in [5.74, 6) is -0.351. The van der Waals surface area contributed by atoms with E-state index in [-0.39, 0.29) is 23.0 Å². The van der Waals surface area contributed by atoms with Crippen molar-refractivity contribution >= 4 is 23.2 Å². The molecule has 1 amide bonds. The number of rotatable bonds is 5. The van der Waals surface area contributed by atoms with Crippen molar-refractivity contribution in [3.63, 3.8) is 0 Å². The Bertz CT molecular complexity index is 1320. The summed E-state index contributed by atoms with van der Waals surface area (Å²) in [5.41, 5.74) is 7.87. The number of pyridine rings is 1. The standard InChI is InChI=1S/C22H19FN8O/c1-13-25-9-8-17(28-13)15-11-27-31(2)20(15)22(32)29-18-10-19(26-12-16(18)23)30-21(24)14-6-4-3-5-7-14/h3-12H,1-2H3,(H3,24,26,29,30,32). The topological polar surface area (TPSA) is 124 Å². The highest BCUT2D eigenvalue weighted by Gasteiger charge is 2.21. The first-order chi connectivity index (χ1) is 15.4. The normalized spacial score (nSPS) is 11.4. The first-order valence-corrected chi connectivity index (χ1v) is 9.61. The van der Waals surface area contributed by atoms with Gasteiger partial charge in [-0.1, -0.05) is 30.3 Å². The Morgan fingerprint density at radius 2 is 1.94 bits per heavy atom. The molecule has 10 heteroatoms. The molecule has 0 fully saturated rings. The molecule has 0 radical (unpaired) electrons. The van der Waals surface area contributed by atoms with Gasteiger partial charge in [0.05, 0.1) is 29.3 Å². The van der Waals surface area contributed by atoms with Gasteiger partial charge < -0.3 is 11.1 Å². The molecule has 3 heterocycles. The van der Waals surface area contributed by atoms with E-state index in [2.05, 4.69) is 30.4 Å². The zero-order chi connectivity index (χ0) is 22.7. The van der Waals surface area contributed by atoms with Crippen LogP contribution in [0.5, 0.6) is 0 Å². The minimum Gasteiger partial charge on any atom is -0.383 e. The first-order valence-electron chi connectivity index (χ1n) is 9.61. The number of hydrogen-bond donors (Lipinski definition) is 2. The van der Waals surface area contributed by atoms with Gasteiger partial charge in [0.25, 0.3) is 5.91 Å². The van der Waals surface area contributed by atoms with Crippen molar-refractivity contribution in [3.8, 4) is 11.3 Å². The fourth-order valence-electron chi connectivity index (χ4n) is 3.06. The number of benzene rings is 1. The predicted molar refractivity (Wildman–Crippen MR) is 118 cm³/mol. The number of nitrogens with one attached hydrogen (secondary N) is 1. The molecular formula is C22H19FN8O. The number of halogens is 1. The van der Waals surface area contributed by atoms with Crippen molar-refractivity contribution in [1.29, 1.82) is 0 Å². The van der Waals surface area contributed by atoms with E-state index in [0.717, 1.165) is 6.20 Å². The van der Waals surface area contributed by atoms with Crippen LogP contribution in [0.1, 0.15) is 21.9 Å². The van der Waals surface area contributed by atoms with Crippen molar-refractivity contribution in [1.82, 2.24) is 24.7 Å². The quantitative estimate of drug-likeness (QED) is 0.370. The minimum atomic E-state index is -0.711. The largest absolute Gasteiger partial charge is 0.383 e. The number of carbonyl (C=O) groups is 1. The van der Waals surface area contributed by atoms with E-state index in [1.54, 1.807) is 38.4 Å². The molecule has 0 saturated heterocycles. The maximum absolute atomic E-state index is 14.4. The van der Waals surface area contributed by atoms with E-state index in [1.807, 2.05) is 18.2 Å². The molecular weight excluding hydrogens is 411 g/mol. The molecule has 3 N–H and O–H groups in total. The van der Waals surface area contributed by atoms with Crippen LogP contribution in [0, 0.1) is 12.7 Å². The fourth-order valence-corrected chi connectivity index (χ4v) is 3.06. The summed E-state index contributed by atoms with van der Waals surface area (Å²) in [4.78, 5) is 29.6. The van der Waals surface area contributed by atoms with Crippen LogP contribution in [0.25, 0.3) is 11.3 Å². The molecule has 0 spiro atoms. The van der Waals surface area contributed by atoms with Gasteiger partial charge in [-0.15, -0.1) is 0 Å². The van der Waals surface area contributed by atoms with Gasteiger partial charge in [0.1, 0.15) is 17.4 Å². The van der Waals surface area contributed by atoms with Gasteiger partial charge in [-0.2, -0.15) is 5.10 Å². The highest BCUT2D eigenvalue weighted by atomic mass is 19.1. The number of aromatic nitrogens is 5. The second kappa shape index (κ2) is 8.72. The van der Waals surface area contributed by atoms with Crippen LogP contribution in [0.3, 0.4) is 0 Å². The number of aliphatic imine (C=N–C) groups is 1. The summed E-state index contributed by atoms with van der Waals surface area (Å²) in [5, 5.41) is 6.71. The van der Waals surface area contributed by atoms with E-state index in [9.17, 15) is 9.18 Å². The minimum absolute atomic E-state index is 0.0874. The van der Waals surface area contributed by atoms with Gasteiger partial charge in [-0.05, 0) is 13.0 Å². The van der Waals surface area contributed by atoms with Gasteiger partial charge in [0.2, 0.25) is 0 Å². The maximum atomic E-state index is 14.4. The van der Waals surface area contributed by atoms with Gasteiger partial charge >= 0.3 is 0 Å². The van der Waals surface area contributed by atoms with E-state index in [0.29, 0.717) is 22.6 Å². The summed E-state index contributed by atoms with van der Waals surface area (Å²) in [6, 6.07) is 12.1. The Kier molecular flexibility index (Phi) is 5.67. The Morgan fingerprint density at radius 1 is 1.16 bits per heavy atom. The summed E-state index contributed by atoms with van der Waals surface area (Å²) in [6.45, 7) is 1.75. The van der Waals surface area contributed by atoms with Gasteiger partial charge in [-0.25, -0.2) is 24.3 Å². The van der Waals surface area contributed by atoms with Crippen molar-refractivity contribution < 1.29 is 9.18 Å². The van der Waals surface area contributed by atoms with Crippen LogP contribution < -0.4 is 11.1 Å². The van der Waals surface area contributed by atoms with Gasteiger partial charge in [0.15, 0.2) is 11.6 Å². The van der Waals surface area contributed by atoms with Crippen LogP contribution in [0.2, 0.25) is 0 Å². The zero-order valence-corrected chi connectivity index (χ0v) is 17.3. The number of amidine groups is 1. The fraction of sp³-hybridized carbons (Fsp3) is 0.0909. The summed E-state index contributed by atoms with van der Waals surface area (Å²) >= 11 is 0. The van der Waals surface area contributed by atoms with Gasteiger partial charge in [0, 0.05) is 24.9 Å². The molecule has 3 aromatic heterocycles. The number of carbonyl (C=O) groups excluding carboxylic acids is 1. The van der Waals surface area contributed by atoms with Crippen LogP contribution >= 0.6 is 0 Å². The van der Waals surface area contributed by atoms with E-state index in [4.69, 9.17) is 5.73 Å². The van der Waals surface area contributed by atoms with Crippen LogP contribution in [-0.4, -0.2) is 36.5 Å². The molecule has 32 heavy (non-hydrogen) atoms. The van der Waals surface area contributed by atoms with Crippen molar-refractivity contribution in [2.45, 2.75) is 6.92 Å². The zero-order valence-electron chi connectivity index (χ0n) is 17.3. The lowest BCUT2D eigenvalue weighted by molar-refractivity contribution is 0.101. The predicted octanol–water partition coefficient (Wildman–Crippen LogP) is 3.01. The van der Waals surface area contributed by atoms with E-state index < -0.39 is 11.7 Å². The van der Waals surface area contributed by atoms with Crippen LogP contribution in [0.4, 0.5) is 15.9 Å². The Morgan fingerprint density at radius 3 is 2.69 bits per heavy atom. The lowest BCUT2D eigenvalue weighted by Crippen LogP contribution is -2.18. The molecule has 0 atom stereocenters. The number of nitrogens with zero attached hydrogens (tertiary/aromatic N) is 6. The third kappa shape index (κ3) is 4.33. The summed E-state index contributed by atoms with van der Waals surface area (Å²) in [6.07, 6.45) is 4.09. The molecule has 0 bridgehead atoms. The SMILES string of the molecule is Cc1nccc(-c2cnn(C)c2C(=O)Nc2cc(N=C(N)c3ccccc3)ncc2F)n1. The summed E-state index contributed by atoms with van der Waals surface area (Å²) in [7, 11) is 1.62. The third-order valence-corrected chi connectivity index (χ3v) is 4.60. The number of anilines is 1. The third-order valence-electron chi connectivity index (χ3n) is 4.60. The molecule has 9 nitrogen and oxygen atoms in total. The Hall–Kier alpha value is -4.47. The Labute approximate surface area is 182 Å². The molecule has 0 aliphatic heterocycles. The average molecular weight is 430 g/mol. The van der Waals surface area contributed by atoms with Crippen molar-refractivity contribution in [3.05, 3.63) is 84.0 Å². The molecule has 0 unspecified atom stereocenters. The van der Waals surface area contributed by atoms with Crippen LogP contribution in [0.15, 0.2) is 66.0 Å². The number of hydrogen-bond acceptors (Lipinski definition) is 6. The lowest BCUT2D eigenvalue weighted by Gasteiger charge is -2.09. The highest BCUT2D eigenvalue weighted by Crippen LogP contribution is 2.24. The van der Waals surface area contributed by atoms with Gasteiger partial charge in [-0.3, -0.25) is 9.48 Å². The molecule has 4 rings (SSSR count). The number of nitrogens with two attached hydrogens (primary N) is 1. The van der Waals surface area contributed by atoms with Crippen LogP contribution in [-0.2, 0) is 7.05 Å². The van der Waals surface area contributed by atoms with Crippen molar-refractivity contribution in [2.24, 2.45) is 17.8 Å². The molecule has 0 aliphatic rings. The molecule has 160 valence electrons. The monoisotopic (exact) mass is 430 g/mol. The summed E-state index contributed by atoms with van der Waals surface area (Å²) < 4.78 is 15.8. The van der Waals surface area contributed by atoms with Crippen molar-refractivity contribution in [2.75, 3.05) is 5.32 Å².